The van der Waals surface area contributed by atoms with E-state index in [2.05, 4.69) is 22.3 Å². The number of sulfonamides is 1. The van der Waals surface area contributed by atoms with E-state index in [0.29, 0.717) is 18.7 Å². The number of carbonyl (C=O) groups excluding carboxylic acids is 1. The summed E-state index contributed by atoms with van der Waals surface area (Å²) < 4.78 is 28.1. The first kappa shape index (κ1) is 23.8. The molecule has 4 rings (SSSR count). The molecule has 2 aliphatic rings. The highest BCUT2D eigenvalue weighted by Crippen LogP contribution is 2.29. The molecule has 33 heavy (non-hydrogen) atoms. The number of hydrogen-bond donors (Lipinski definition) is 1. The van der Waals surface area contributed by atoms with Gasteiger partial charge in [-0.2, -0.15) is 4.31 Å². The normalized spacial score (nSPS) is 18.3. The minimum atomic E-state index is -3.60. The van der Waals surface area contributed by atoms with E-state index in [1.807, 2.05) is 31.2 Å². The van der Waals surface area contributed by atoms with Gasteiger partial charge >= 0.3 is 0 Å². The Labute approximate surface area is 198 Å². The monoisotopic (exact) mass is 469 g/mol. The number of amides is 1. The highest BCUT2D eigenvalue weighted by Gasteiger charge is 2.29. The highest BCUT2D eigenvalue weighted by atomic mass is 32.2. The predicted molar refractivity (Wildman–Crippen MR) is 132 cm³/mol. The van der Waals surface area contributed by atoms with Gasteiger partial charge in [0, 0.05) is 37.9 Å². The van der Waals surface area contributed by atoms with Crippen molar-refractivity contribution in [2.75, 3.05) is 31.1 Å². The number of nitrogens with one attached hydrogen (secondary N) is 1. The summed E-state index contributed by atoms with van der Waals surface area (Å²) in [6.07, 6.45) is 6.71. The summed E-state index contributed by atoms with van der Waals surface area (Å²) in [5.41, 5.74) is 2.53. The topological polar surface area (TPSA) is 69.7 Å². The van der Waals surface area contributed by atoms with Crippen molar-refractivity contribution < 1.29 is 13.2 Å². The summed E-state index contributed by atoms with van der Waals surface area (Å²) in [7, 11) is -3.60. The van der Waals surface area contributed by atoms with Gasteiger partial charge in [-0.05, 0) is 69.2 Å². The van der Waals surface area contributed by atoms with Gasteiger partial charge in [0.25, 0.3) is 5.91 Å². The number of benzene rings is 2. The van der Waals surface area contributed by atoms with Crippen molar-refractivity contribution in [1.82, 2.24) is 9.62 Å². The van der Waals surface area contributed by atoms with Gasteiger partial charge in [0.1, 0.15) is 0 Å². The maximum atomic E-state index is 13.4. The number of nitrogens with zero attached hydrogens (tertiary/aromatic N) is 2. The number of anilines is 1. The Balaban J connectivity index is 1.54. The molecule has 0 bridgehead atoms. The van der Waals surface area contributed by atoms with Crippen LogP contribution in [0.1, 0.15) is 61.4 Å². The molecule has 178 valence electrons. The Bertz CT molecular complexity index is 1040. The van der Waals surface area contributed by atoms with Crippen molar-refractivity contribution in [1.29, 1.82) is 0 Å². The lowest BCUT2D eigenvalue weighted by Crippen LogP contribution is -2.36. The molecular weight excluding hydrogens is 434 g/mol. The Morgan fingerprint density at radius 2 is 1.61 bits per heavy atom. The molecule has 2 aromatic rings. The molecule has 2 heterocycles. The highest BCUT2D eigenvalue weighted by molar-refractivity contribution is 7.89. The molecule has 2 aromatic carbocycles. The molecule has 0 radical (unpaired) electrons. The fourth-order valence-corrected chi connectivity index (χ4v) is 6.29. The van der Waals surface area contributed by atoms with Gasteiger partial charge in [-0.3, -0.25) is 4.79 Å². The zero-order chi connectivity index (χ0) is 23.3. The molecule has 0 aromatic heterocycles. The zero-order valence-corrected chi connectivity index (χ0v) is 20.3. The lowest BCUT2D eigenvalue weighted by atomic mass is 10.1. The molecule has 1 unspecified atom stereocenters. The second-order valence-corrected chi connectivity index (χ2v) is 11.2. The van der Waals surface area contributed by atoms with E-state index in [4.69, 9.17) is 0 Å². The molecule has 1 N–H and O–H groups in total. The fraction of sp³-hybridized carbons (Fsp3) is 0.500. The Morgan fingerprint density at radius 1 is 0.939 bits per heavy atom. The largest absolute Gasteiger partial charge is 0.371 e. The first-order valence-electron chi connectivity index (χ1n) is 12.2. The average Bonchev–Trinajstić information content (AvgIpc) is 3.38. The minimum Gasteiger partial charge on any atom is -0.371 e. The van der Waals surface area contributed by atoms with Crippen LogP contribution in [0, 0.1) is 0 Å². The van der Waals surface area contributed by atoms with Gasteiger partial charge in [0.05, 0.1) is 10.5 Å². The first-order chi connectivity index (χ1) is 15.9. The molecule has 7 heteroatoms. The molecule has 2 fully saturated rings. The van der Waals surface area contributed by atoms with Crippen LogP contribution in [0.3, 0.4) is 0 Å². The molecule has 2 saturated heterocycles. The van der Waals surface area contributed by atoms with Crippen LogP contribution in [0.5, 0.6) is 0 Å². The van der Waals surface area contributed by atoms with E-state index in [1.165, 1.54) is 5.56 Å². The van der Waals surface area contributed by atoms with Crippen LogP contribution in [0.25, 0.3) is 0 Å². The summed E-state index contributed by atoms with van der Waals surface area (Å²) >= 11 is 0. The van der Waals surface area contributed by atoms with Crippen molar-refractivity contribution in [2.45, 2.75) is 62.8 Å². The molecule has 2 aliphatic heterocycles. The number of carbonyl (C=O) groups is 1. The number of rotatable bonds is 8. The van der Waals surface area contributed by atoms with Crippen molar-refractivity contribution in [3.05, 3.63) is 59.7 Å². The quantitative estimate of drug-likeness (QED) is 0.629. The number of aryl methyl sites for hydroxylation is 1. The third-order valence-electron chi connectivity index (χ3n) is 6.70. The summed E-state index contributed by atoms with van der Waals surface area (Å²) in [6.45, 7) is 4.89. The van der Waals surface area contributed by atoms with Gasteiger partial charge in [-0.1, -0.05) is 36.8 Å². The second-order valence-electron chi connectivity index (χ2n) is 9.24. The zero-order valence-electron chi connectivity index (χ0n) is 19.5. The van der Waals surface area contributed by atoms with Crippen molar-refractivity contribution >= 4 is 21.6 Å². The Morgan fingerprint density at radius 3 is 2.30 bits per heavy atom. The molecule has 0 spiro atoms. The fourth-order valence-electron chi connectivity index (χ4n) is 4.75. The van der Waals surface area contributed by atoms with Crippen LogP contribution < -0.4 is 10.2 Å². The van der Waals surface area contributed by atoms with Crippen molar-refractivity contribution in [3.8, 4) is 0 Å². The summed E-state index contributed by atoms with van der Waals surface area (Å²) in [5, 5.41) is 3.11. The van der Waals surface area contributed by atoms with Gasteiger partial charge < -0.3 is 10.2 Å². The lowest BCUT2D eigenvalue weighted by Gasteiger charge is -2.27. The van der Waals surface area contributed by atoms with Crippen LogP contribution in [0.2, 0.25) is 0 Å². The van der Waals surface area contributed by atoms with E-state index < -0.39 is 10.0 Å². The van der Waals surface area contributed by atoms with Gasteiger partial charge in [-0.25, -0.2) is 8.42 Å². The van der Waals surface area contributed by atoms with E-state index in [0.717, 1.165) is 63.7 Å². The maximum absolute atomic E-state index is 13.4. The van der Waals surface area contributed by atoms with E-state index >= 15 is 0 Å². The summed E-state index contributed by atoms with van der Waals surface area (Å²) in [6, 6.07) is 15.3. The average molecular weight is 470 g/mol. The van der Waals surface area contributed by atoms with Gasteiger partial charge in [-0.15, -0.1) is 0 Å². The van der Waals surface area contributed by atoms with Crippen LogP contribution in [0.15, 0.2) is 53.4 Å². The summed E-state index contributed by atoms with van der Waals surface area (Å²) in [5.74, 6) is -0.201. The van der Waals surface area contributed by atoms with E-state index in [9.17, 15) is 13.2 Å². The van der Waals surface area contributed by atoms with Crippen LogP contribution >= 0.6 is 0 Å². The Hall–Kier alpha value is -2.38. The van der Waals surface area contributed by atoms with Crippen LogP contribution in [-0.4, -0.2) is 50.9 Å². The van der Waals surface area contributed by atoms with Crippen molar-refractivity contribution in [2.24, 2.45) is 0 Å². The minimum absolute atomic E-state index is 0.0218. The first-order valence-corrected chi connectivity index (χ1v) is 13.6. The van der Waals surface area contributed by atoms with E-state index in [1.54, 1.807) is 16.4 Å². The maximum Gasteiger partial charge on any atom is 0.253 e. The van der Waals surface area contributed by atoms with Crippen LogP contribution in [0.4, 0.5) is 5.69 Å². The summed E-state index contributed by atoms with van der Waals surface area (Å²) in [4.78, 5) is 15.8. The number of piperidine rings is 1. The molecule has 1 amide bonds. The van der Waals surface area contributed by atoms with Gasteiger partial charge in [0.15, 0.2) is 0 Å². The lowest BCUT2D eigenvalue weighted by molar-refractivity contribution is 0.0938. The Kier molecular flexibility index (Phi) is 7.71. The standard InChI is InChI=1S/C26H35N3O3S/c1-21(12-13-22-10-4-2-5-11-22)27-26(30)24-20-23(14-15-25(24)28-16-8-9-17-28)33(31,32)29-18-6-3-7-19-29/h2,4-5,10-11,14-15,20-21H,3,6-9,12-13,16-19H2,1H3,(H,27,30). The third-order valence-corrected chi connectivity index (χ3v) is 8.59. The SMILES string of the molecule is CC(CCc1ccccc1)NC(=O)c1cc(S(=O)(=O)N2CCCCC2)ccc1N1CCCC1. The predicted octanol–water partition coefficient (Wildman–Crippen LogP) is 4.21. The molecule has 0 saturated carbocycles. The van der Waals surface area contributed by atoms with E-state index in [-0.39, 0.29) is 16.8 Å². The second kappa shape index (κ2) is 10.7. The third kappa shape index (κ3) is 5.76. The molecule has 0 aliphatic carbocycles. The van der Waals surface area contributed by atoms with Crippen LogP contribution in [-0.2, 0) is 16.4 Å². The van der Waals surface area contributed by atoms with Crippen molar-refractivity contribution in [3.63, 3.8) is 0 Å². The number of hydrogen-bond acceptors (Lipinski definition) is 4. The molecule has 6 nitrogen and oxygen atoms in total. The van der Waals surface area contributed by atoms with Gasteiger partial charge in [0.2, 0.25) is 10.0 Å². The smallest absolute Gasteiger partial charge is 0.253 e. The molecular formula is C26H35N3O3S. The molecule has 1 atom stereocenters.